The van der Waals surface area contributed by atoms with Crippen molar-refractivity contribution < 1.29 is 9.13 Å². The van der Waals surface area contributed by atoms with Gasteiger partial charge in [0, 0.05) is 5.56 Å². The molecule has 1 aromatic rings. The van der Waals surface area contributed by atoms with E-state index in [4.69, 9.17) is 10.5 Å². The van der Waals surface area contributed by atoms with Crippen molar-refractivity contribution in [3.63, 3.8) is 0 Å². The second-order valence-electron chi connectivity index (χ2n) is 4.79. The first-order valence-electron chi connectivity index (χ1n) is 6.63. The fourth-order valence-corrected chi connectivity index (χ4v) is 2.31. The lowest BCUT2D eigenvalue weighted by Crippen LogP contribution is -2.24. The van der Waals surface area contributed by atoms with Crippen LogP contribution in [0.3, 0.4) is 0 Å². The first kappa shape index (κ1) is 14.9. The van der Waals surface area contributed by atoms with Gasteiger partial charge in [0.05, 0.1) is 18.9 Å². The number of rotatable bonds is 5. The van der Waals surface area contributed by atoms with Gasteiger partial charge in [0.25, 0.3) is 0 Å². The van der Waals surface area contributed by atoms with Crippen LogP contribution in [0.4, 0.5) is 4.39 Å². The molecule has 0 atom stereocenters. The molecule has 20 heavy (non-hydrogen) atoms. The number of nitrogens with one attached hydrogen (secondary N) is 1. The van der Waals surface area contributed by atoms with E-state index in [0.29, 0.717) is 6.61 Å². The molecule has 1 aliphatic rings. The fraction of sp³-hybridized carbons (Fsp3) is 0.429. The molecular weight excluding hydrogens is 277 g/mol. The van der Waals surface area contributed by atoms with Crippen LogP contribution in [0, 0.1) is 5.82 Å². The largest absolute Gasteiger partial charge is 0.375 e. The van der Waals surface area contributed by atoms with E-state index >= 15 is 0 Å². The number of halogens is 1. The van der Waals surface area contributed by atoms with Crippen LogP contribution in [0.1, 0.15) is 36.8 Å². The fourth-order valence-electron chi connectivity index (χ4n) is 2.25. The summed E-state index contributed by atoms with van der Waals surface area (Å²) in [6, 6.07) is 4.52. The number of thiocarbonyl (C=S) groups is 1. The van der Waals surface area contributed by atoms with Crippen molar-refractivity contribution in [2.75, 3.05) is 0 Å². The zero-order valence-electron chi connectivity index (χ0n) is 11.1. The number of nitrogens with zero attached hydrogens (tertiary/aromatic N) is 1. The van der Waals surface area contributed by atoms with Crippen molar-refractivity contribution >= 4 is 23.5 Å². The Morgan fingerprint density at radius 1 is 1.50 bits per heavy atom. The van der Waals surface area contributed by atoms with Crippen molar-refractivity contribution in [2.24, 2.45) is 10.8 Å². The molecule has 1 saturated carbocycles. The molecule has 0 aromatic heterocycles. The molecule has 1 fully saturated rings. The standard InChI is InChI=1S/C14H18FN3OS/c15-12-6-5-10(8-17-18-14(16)20)11(7-12)9-19-13-3-1-2-4-13/h5-8,13H,1-4,9H2,(H3,16,18,20). The number of nitrogens with two attached hydrogens (primary N) is 1. The summed E-state index contributed by atoms with van der Waals surface area (Å²) in [5.74, 6) is -0.283. The maximum Gasteiger partial charge on any atom is 0.184 e. The molecule has 0 bridgehead atoms. The summed E-state index contributed by atoms with van der Waals surface area (Å²) in [6.07, 6.45) is 6.44. The molecule has 1 aliphatic carbocycles. The van der Waals surface area contributed by atoms with Gasteiger partial charge in [-0.2, -0.15) is 5.10 Å². The number of ether oxygens (including phenoxy) is 1. The molecule has 0 heterocycles. The minimum Gasteiger partial charge on any atom is -0.375 e. The Morgan fingerprint density at radius 2 is 2.25 bits per heavy atom. The first-order valence-corrected chi connectivity index (χ1v) is 7.04. The highest BCUT2D eigenvalue weighted by atomic mass is 32.1. The van der Waals surface area contributed by atoms with Gasteiger partial charge >= 0.3 is 0 Å². The zero-order valence-corrected chi connectivity index (χ0v) is 12.0. The number of hydrogen-bond acceptors (Lipinski definition) is 3. The van der Waals surface area contributed by atoms with Crippen LogP contribution in [0.5, 0.6) is 0 Å². The van der Waals surface area contributed by atoms with Gasteiger partial charge in [0.15, 0.2) is 5.11 Å². The predicted molar refractivity (Wildman–Crippen MR) is 81.0 cm³/mol. The van der Waals surface area contributed by atoms with E-state index in [0.717, 1.165) is 24.0 Å². The van der Waals surface area contributed by atoms with Gasteiger partial charge in [-0.15, -0.1) is 0 Å². The summed E-state index contributed by atoms with van der Waals surface area (Å²) >= 11 is 4.66. The SMILES string of the molecule is NC(=S)NN=Cc1ccc(F)cc1COC1CCCC1. The first-order chi connectivity index (χ1) is 9.65. The third-order valence-corrected chi connectivity index (χ3v) is 3.35. The lowest BCUT2D eigenvalue weighted by Gasteiger charge is -2.12. The third-order valence-electron chi connectivity index (χ3n) is 3.26. The Balaban J connectivity index is 2.02. The summed E-state index contributed by atoms with van der Waals surface area (Å²) in [6.45, 7) is 0.386. The van der Waals surface area contributed by atoms with Crippen LogP contribution >= 0.6 is 12.2 Å². The molecule has 0 amide bonds. The Bertz CT molecular complexity index is 501. The van der Waals surface area contributed by atoms with Crippen LogP contribution in [0.25, 0.3) is 0 Å². The van der Waals surface area contributed by atoms with E-state index in [1.54, 1.807) is 12.3 Å². The molecule has 2 rings (SSSR count). The summed E-state index contributed by atoms with van der Waals surface area (Å²) in [7, 11) is 0. The third kappa shape index (κ3) is 4.54. The molecule has 0 aliphatic heterocycles. The summed E-state index contributed by atoms with van der Waals surface area (Å²) in [4.78, 5) is 0. The summed E-state index contributed by atoms with van der Waals surface area (Å²) < 4.78 is 19.2. The lowest BCUT2D eigenvalue weighted by atomic mass is 10.1. The molecule has 6 heteroatoms. The highest BCUT2D eigenvalue weighted by molar-refractivity contribution is 7.80. The number of hydrogen-bond donors (Lipinski definition) is 2. The van der Waals surface area contributed by atoms with E-state index in [2.05, 4.69) is 22.7 Å². The smallest absolute Gasteiger partial charge is 0.184 e. The Morgan fingerprint density at radius 3 is 2.95 bits per heavy atom. The van der Waals surface area contributed by atoms with Gasteiger partial charge in [0.2, 0.25) is 0 Å². The molecule has 3 N–H and O–H groups in total. The molecule has 0 radical (unpaired) electrons. The Labute approximate surface area is 123 Å². The van der Waals surface area contributed by atoms with E-state index < -0.39 is 0 Å². The van der Waals surface area contributed by atoms with Crippen LogP contribution in [-0.2, 0) is 11.3 Å². The van der Waals surface area contributed by atoms with E-state index in [9.17, 15) is 4.39 Å². The average molecular weight is 295 g/mol. The van der Waals surface area contributed by atoms with E-state index in [1.807, 2.05) is 0 Å². The Hall–Kier alpha value is -1.53. The van der Waals surface area contributed by atoms with Crippen LogP contribution in [0.2, 0.25) is 0 Å². The lowest BCUT2D eigenvalue weighted by molar-refractivity contribution is 0.0455. The van der Waals surface area contributed by atoms with Gasteiger partial charge in [-0.3, -0.25) is 5.43 Å². The van der Waals surface area contributed by atoms with Crippen molar-refractivity contribution in [3.8, 4) is 0 Å². The highest BCUT2D eigenvalue weighted by Crippen LogP contribution is 2.22. The quantitative estimate of drug-likeness (QED) is 0.498. The molecule has 1 aromatic carbocycles. The van der Waals surface area contributed by atoms with E-state index in [-0.39, 0.29) is 17.0 Å². The molecule has 0 unspecified atom stereocenters. The van der Waals surface area contributed by atoms with E-state index in [1.165, 1.54) is 25.0 Å². The van der Waals surface area contributed by atoms with Crippen LogP contribution in [-0.4, -0.2) is 17.4 Å². The predicted octanol–water partition coefficient (Wildman–Crippen LogP) is 2.45. The van der Waals surface area contributed by atoms with Crippen molar-refractivity contribution in [1.82, 2.24) is 5.43 Å². The van der Waals surface area contributed by atoms with Gasteiger partial charge in [-0.1, -0.05) is 18.9 Å². The molecular formula is C14H18FN3OS. The van der Waals surface area contributed by atoms with Gasteiger partial charge in [0.1, 0.15) is 5.82 Å². The second kappa shape index (κ2) is 7.31. The molecule has 4 nitrogen and oxygen atoms in total. The number of hydrazone groups is 1. The van der Waals surface area contributed by atoms with Crippen LogP contribution in [0.15, 0.2) is 23.3 Å². The Kier molecular flexibility index (Phi) is 5.43. The molecule has 108 valence electrons. The second-order valence-corrected chi connectivity index (χ2v) is 5.23. The number of benzene rings is 1. The molecule has 0 spiro atoms. The van der Waals surface area contributed by atoms with Crippen LogP contribution < -0.4 is 11.2 Å². The van der Waals surface area contributed by atoms with Gasteiger partial charge in [-0.05, 0) is 42.8 Å². The minimum atomic E-state index is -0.283. The van der Waals surface area contributed by atoms with Gasteiger partial charge in [-0.25, -0.2) is 4.39 Å². The average Bonchev–Trinajstić information content (AvgIpc) is 2.91. The zero-order chi connectivity index (χ0) is 14.4. The van der Waals surface area contributed by atoms with Gasteiger partial charge < -0.3 is 10.5 Å². The summed E-state index contributed by atoms with van der Waals surface area (Å²) in [5.41, 5.74) is 9.31. The monoisotopic (exact) mass is 295 g/mol. The summed E-state index contributed by atoms with van der Waals surface area (Å²) in [5, 5.41) is 3.98. The minimum absolute atomic E-state index is 0.0899. The topological polar surface area (TPSA) is 59.6 Å². The highest BCUT2D eigenvalue weighted by Gasteiger charge is 2.15. The maximum absolute atomic E-state index is 13.3. The maximum atomic E-state index is 13.3. The molecule has 0 saturated heterocycles. The van der Waals surface area contributed by atoms with Crippen molar-refractivity contribution in [1.29, 1.82) is 0 Å². The normalized spacial score (nSPS) is 15.8. The van der Waals surface area contributed by atoms with Crippen molar-refractivity contribution in [3.05, 3.63) is 35.1 Å². The van der Waals surface area contributed by atoms with Crippen molar-refractivity contribution in [2.45, 2.75) is 38.4 Å².